The number of benzene rings is 2. The zero-order valence-electron chi connectivity index (χ0n) is 18.4. The van der Waals surface area contributed by atoms with Gasteiger partial charge in [-0.15, -0.1) is 10.2 Å². The van der Waals surface area contributed by atoms with E-state index < -0.39 is 0 Å². The zero-order chi connectivity index (χ0) is 24.4. The van der Waals surface area contributed by atoms with Crippen LogP contribution in [0.1, 0.15) is 27.3 Å². The number of guanidine groups is 2. The number of carbonyl (C=O) groups excluding carboxylic acids is 1. The largest absolute Gasteiger partial charge is 0.369 e. The predicted molar refractivity (Wildman–Crippen MR) is 135 cm³/mol. The maximum Gasteiger partial charge on any atom is 0.211 e. The molecule has 172 valence electrons. The molecule has 0 aliphatic rings. The average molecular weight is 449 g/mol. The van der Waals surface area contributed by atoms with Gasteiger partial charge in [-0.2, -0.15) is 5.10 Å². The van der Waals surface area contributed by atoms with Gasteiger partial charge < -0.3 is 38.7 Å². The van der Waals surface area contributed by atoms with E-state index in [2.05, 4.69) is 37.2 Å². The fourth-order valence-corrected chi connectivity index (χ4v) is 3.01. The average Bonchev–Trinajstić information content (AvgIpc) is 3.31. The van der Waals surface area contributed by atoms with Gasteiger partial charge in [-0.3, -0.25) is 4.79 Å². The van der Waals surface area contributed by atoms with Crippen molar-refractivity contribution in [3.63, 3.8) is 0 Å². The van der Waals surface area contributed by atoms with Crippen LogP contribution in [0.5, 0.6) is 0 Å². The van der Waals surface area contributed by atoms with Crippen LogP contribution in [-0.2, 0) is 0 Å². The van der Waals surface area contributed by atoms with E-state index in [1.54, 1.807) is 6.21 Å². The third-order valence-corrected chi connectivity index (χ3v) is 4.64. The van der Waals surface area contributed by atoms with Crippen LogP contribution in [0.3, 0.4) is 0 Å². The number of hydrogen-bond acceptors (Lipinski definition) is 5. The van der Waals surface area contributed by atoms with Crippen molar-refractivity contribution in [2.45, 2.75) is 13.8 Å². The van der Waals surface area contributed by atoms with E-state index in [0.29, 0.717) is 5.69 Å². The highest BCUT2D eigenvalue weighted by Gasteiger charge is 2.05. The van der Waals surface area contributed by atoms with Gasteiger partial charge in [0.15, 0.2) is 6.29 Å². The van der Waals surface area contributed by atoms with E-state index in [-0.39, 0.29) is 11.9 Å². The third kappa shape index (κ3) is 6.59. The number of aldehydes is 1. The van der Waals surface area contributed by atoms with Crippen LogP contribution >= 0.6 is 0 Å². The number of nitrogens with one attached hydrogen (secondary N) is 2. The zero-order valence-corrected chi connectivity index (χ0v) is 18.4. The number of H-pyrrole nitrogens is 2. The highest BCUT2D eigenvalue weighted by atomic mass is 16.1. The second-order valence-corrected chi connectivity index (χ2v) is 6.86. The lowest BCUT2D eigenvalue weighted by Crippen LogP contribution is -2.23. The second kappa shape index (κ2) is 11.6. The summed E-state index contributed by atoms with van der Waals surface area (Å²) in [4.78, 5) is 16.8. The summed E-state index contributed by atoms with van der Waals surface area (Å²) in [6.45, 7) is 3.97. The summed E-state index contributed by atoms with van der Waals surface area (Å²) in [5, 5.41) is 12.5. The van der Waals surface area contributed by atoms with Gasteiger partial charge in [0.2, 0.25) is 11.9 Å². The molecule has 4 rings (SSSR count). The Morgan fingerprint density at radius 3 is 1.67 bits per heavy atom. The molecule has 0 aliphatic carbocycles. The lowest BCUT2D eigenvalue weighted by Gasteiger charge is -1.89. The van der Waals surface area contributed by atoms with E-state index in [0.717, 1.165) is 39.5 Å². The van der Waals surface area contributed by atoms with Gasteiger partial charge in [-0.05, 0) is 37.1 Å². The molecule has 0 unspecified atom stereocenters. The molecule has 0 radical (unpaired) electrons. The Hall–Kier alpha value is -4.80. The molecule has 0 spiro atoms. The van der Waals surface area contributed by atoms with Gasteiger partial charge in [0, 0.05) is 21.8 Å². The van der Waals surface area contributed by atoms with Crippen LogP contribution in [0.2, 0.25) is 0 Å². The molecular weight excluding hydrogens is 420 g/mol. The number of aromatic amines is 2. The van der Waals surface area contributed by atoms with Crippen molar-refractivity contribution in [1.82, 2.24) is 9.97 Å². The standard InChI is InChI=1S/C11H13N5.C10H9NO.CH6N4/c1-7-8-4-2-3-5-9(8)15-10(7)6-14-16-11(12)13;1-7-8-4-2-3-5-9(8)11-10(7)6-12;2-1(3)5-4/h2-6,15H,1H3,(H4,12,13,16);2-6,11H,1H3;4H2,(H4,2,3,5)/b14-6+;;. The van der Waals surface area contributed by atoms with Gasteiger partial charge >= 0.3 is 0 Å². The monoisotopic (exact) mass is 448 g/mol. The van der Waals surface area contributed by atoms with Crippen molar-refractivity contribution in [3.05, 3.63) is 71.0 Å². The van der Waals surface area contributed by atoms with Crippen molar-refractivity contribution < 1.29 is 4.79 Å². The molecule has 4 aromatic rings. The summed E-state index contributed by atoms with van der Waals surface area (Å²) in [6, 6.07) is 15.9. The molecule has 0 amide bonds. The molecular formula is C22H28N10O. The minimum Gasteiger partial charge on any atom is -0.369 e. The number of hydrogen-bond donors (Lipinski definition) is 7. The maximum atomic E-state index is 10.6. The van der Waals surface area contributed by atoms with E-state index >= 15 is 0 Å². The molecule has 0 atom stereocenters. The molecule has 0 fully saturated rings. The molecule has 11 heteroatoms. The van der Waals surface area contributed by atoms with Crippen LogP contribution in [-0.4, -0.2) is 34.4 Å². The Labute approximate surface area is 190 Å². The first-order chi connectivity index (χ1) is 15.8. The third-order valence-electron chi connectivity index (χ3n) is 4.64. The summed E-state index contributed by atoms with van der Waals surface area (Å²) in [6.07, 6.45) is 2.46. The number of aryl methyl sites for hydroxylation is 2. The molecule has 0 saturated carbocycles. The van der Waals surface area contributed by atoms with Gasteiger partial charge in [0.1, 0.15) is 0 Å². The number of nitrogens with zero attached hydrogens (tertiary/aromatic N) is 3. The van der Waals surface area contributed by atoms with Crippen molar-refractivity contribution in [1.29, 1.82) is 0 Å². The smallest absolute Gasteiger partial charge is 0.211 e. The van der Waals surface area contributed by atoms with Crippen molar-refractivity contribution in [2.24, 2.45) is 44.1 Å². The van der Waals surface area contributed by atoms with Gasteiger partial charge in [-0.1, -0.05) is 36.4 Å². The lowest BCUT2D eigenvalue weighted by molar-refractivity contribution is 0.111. The molecule has 11 nitrogen and oxygen atoms in total. The molecule has 0 saturated heterocycles. The van der Waals surface area contributed by atoms with Gasteiger partial charge in [0.05, 0.1) is 17.6 Å². The first kappa shape index (κ1) is 24.5. The quantitative estimate of drug-likeness (QED) is 0.0809. The van der Waals surface area contributed by atoms with Gasteiger partial charge in [-0.25, -0.2) is 0 Å². The van der Waals surface area contributed by atoms with Gasteiger partial charge in [0.25, 0.3) is 0 Å². The van der Waals surface area contributed by atoms with Crippen LogP contribution < -0.4 is 28.8 Å². The Morgan fingerprint density at radius 1 is 0.788 bits per heavy atom. The van der Waals surface area contributed by atoms with Crippen molar-refractivity contribution in [2.75, 3.05) is 0 Å². The van der Waals surface area contributed by atoms with Crippen molar-refractivity contribution >= 4 is 46.2 Å². The SMILES string of the molecule is Cc1c(/C=N/N=C(N)N)[nH]c2ccccc12.Cc1c(C=O)[nH]c2ccccc12.NN=C(N)N. The number of aromatic nitrogens is 2. The first-order valence-corrected chi connectivity index (χ1v) is 9.79. The highest BCUT2D eigenvalue weighted by Crippen LogP contribution is 2.20. The summed E-state index contributed by atoms with van der Waals surface area (Å²) < 4.78 is 0. The fraction of sp³-hybridized carbons (Fsp3) is 0.0909. The summed E-state index contributed by atoms with van der Waals surface area (Å²) in [5.74, 6) is 4.37. The Morgan fingerprint density at radius 2 is 1.24 bits per heavy atom. The predicted octanol–water partition coefficient (Wildman–Crippen LogP) is 1.51. The number of hydrazone groups is 1. The van der Waals surface area contributed by atoms with Crippen LogP contribution in [0.4, 0.5) is 0 Å². The normalized spacial score (nSPS) is 10.1. The molecule has 2 aromatic carbocycles. The van der Waals surface area contributed by atoms with Crippen LogP contribution in [0.25, 0.3) is 21.8 Å². The first-order valence-electron chi connectivity index (χ1n) is 9.79. The van der Waals surface area contributed by atoms with E-state index in [1.807, 2.05) is 56.3 Å². The highest BCUT2D eigenvalue weighted by molar-refractivity contribution is 5.94. The van der Waals surface area contributed by atoms with E-state index in [9.17, 15) is 4.79 Å². The van der Waals surface area contributed by atoms with Crippen LogP contribution in [0, 0.1) is 13.8 Å². The Bertz CT molecular complexity index is 1310. The summed E-state index contributed by atoms with van der Waals surface area (Å²) in [7, 11) is 0. The molecule has 0 aliphatic heterocycles. The molecule has 2 aromatic heterocycles. The second-order valence-electron chi connectivity index (χ2n) is 6.86. The maximum absolute atomic E-state index is 10.6. The van der Waals surface area contributed by atoms with E-state index in [4.69, 9.17) is 22.9 Å². The number of fused-ring (bicyclic) bond motifs is 2. The molecule has 2 heterocycles. The minimum absolute atomic E-state index is 0.0509. The molecule has 0 bridgehead atoms. The summed E-state index contributed by atoms with van der Waals surface area (Å²) in [5.41, 5.74) is 25.6. The Kier molecular flexibility index (Phi) is 8.57. The summed E-state index contributed by atoms with van der Waals surface area (Å²) >= 11 is 0. The molecule has 12 N–H and O–H groups in total. The number of rotatable bonds is 3. The van der Waals surface area contributed by atoms with Crippen LogP contribution in [0.15, 0.2) is 63.8 Å². The number of nitrogens with two attached hydrogens (primary N) is 5. The fourth-order valence-electron chi connectivity index (χ4n) is 3.01. The Balaban J connectivity index is 0.000000200. The number of carbonyl (C=O) groups is 1. The topological polar surface area (TPSA) is 216 Å². The molecule has 33 heavy (non-hydrogen) atoms. The lowest BCUT2D eigenvalue weighted by atomic mass is 10.1. The minimum atomic E-state index is -0.0926. The van der Waals surface area contributed by atoms with Crippen molar-refractivity contribution in [3.8, 4) is 0 Å². The van der Waals surface area contributed by atoms with E-state index in [1.165, 1.54) is 5.39 Å². The number of para-hydroxylation sites is 2.